The molecular formula is C21H20F3N2O5S+. The fourth-order valence-corrected chi connectivity index (χ4v) is 5.60. The van der Waals surface area contributed by atoms with E-state index in [1.807, 2.05) is 0 Å². The summed E-state index contributed by atoms with van der Waals surface area (Å²) in [6.07, 6.45) is -0.370. The predicted octanol–water partition coefficient (Wildman–Crippen LogP) is 3.82. The molecule has 0 fully saturated rings. The van der Waals surface area contributed by atoms with Gasteiger partial charge in [-0.2, -0.15) is 25.5 Å². The number of sulfonamides is 1. The maximum absolute atomic E-state index is 13.1. The van der Waals surface area contributed by atoms with Crippen LogP contribution in [0, 0.1) is 0 Å². The van der Waals surface area contributed by atoms with Crippen molar-refractivity contribution in [2.24, 2.45) is 5.73 Å². The second-order valence-corrected chi connectivity index (χ2v) is 9.24. The molecule has 170 valence electrons. The highest BCUT2D eigenvalue weighted by Gasteiger charge is 2.52. The van der Waals surface area contributed by atoms with Gasteiger partial charge in [0.15, 0.2) is 22.9 Å². The SMILES string of the molecule is NCC1=CC=CC[N+]1(c1ccc(Oc2ccc3c(c2)OCO3)cc1)S(=O)(=O)CC(F)(F)F. The predicted molar refractivity (Wildman–Crippen MR) is 112 cm³/mol. The van der Waals surface area contributed by atoms with Crippen LogP contribution in [0.4, 0.5) is 18.9 Å². The van der Waals surface area contributed by atoms with E-state index in [4.69, 9.17) is 19.9 Å². The molecule has 0 saturated heterocycles. The van der Waals surface area contributed by atoms with Gasteiger partial charge in [-0.3, -0.25) is 0 Å². The van der Waals surface area contributed by atoms with Crippen molar-refractivity contribution >= 4 is 15.7 Å². The second-order valence-electron chi connectivity index (χ2n) is 7.17. The fraction of sp³-hybridized carbons (Fsp3) is 0.238. The molecule has 7 nitrogen and oxygen atoms in total. The van der Waals surface area contributed by atoms with Gasteiger partial charge in [-0.1, -0.05) is 6.08 Å². The smallest absolute Gasteiger partial charge is 0.408 e. The molecule has 32 heavy (non-hydrogen) atoms. The summed E-state index contributed by atoms with van der Waals surface area (Å²) in [6, 6.07) is 10.9. The third-order valence-corrected chi connectivity index (χ3v) is 7.35. The number of benzene rings is 2. The number of nitrogens with two attached hydrogens (primary N) is 1. The molecule has 0 aromatic heterocycles. The van der Waals surface area contributed by atoms with E-state index in [9.17, 15) is 21.6 Å². The summed E-state index contributed by atoms with van der Waals surface area (Å²) in [4.78, 5) is 0. The van der Waals surface area contributed by atoms with Crippen LogP contribution in [0.2, 0.25) is 0 Å². The molecule has 1 unspecified atom stereocenters. The molecule has 2 aromatic rings. The van der Waals surface area contributed by atoms with Crippen LogP contribution in [0.1, 0.15) is 0 Å². The van der Waals surface area contributed by atoms with Gasteiger partial charge < -0.3 is 19.9 Å². The van der Waals surface area contributed by atoms with Gasteiger partial charge in [-0.05, 0) is 36.4 Å². The molecule has 0 spiro atoms. The van der Waals surface area contributed by atoms with E-state index in [2.05, 4.69) is 0 Å². The zero-order chi connectivity index (χ0) is 23.0. The Balaban J connectivity index is 1.68. The van der Waals surface area contributed by atoms with Crippen LogP contribution in [0.15, 0.2) is 66.4 Å². The maximum atomic E-state index is 13.1. The molecule has 11 heteroatoms. The Kier molecular flexibility index (Phi) is 5.65. The monoisotopic (exact) mass is 469 g/mol. The van der Waals surface area contributed by atoms with Gasteiger partial charge in [0, 0.05) is 18.2 Å². The highest BCUT2D eigenvalue weighted by Crippen LogP contribution is 2.40. The summed E-state index contributed by atoms with van der Waals surface area (Å²) in [7, 11) is -4.75. The van der Waals surface area contributed by atoms with E-state index >= 15 is 0 Å². The van der Waals surface area contributed by atoms with Crippen molar-refractivity contribution in [2.45, 2.75) is 6.18 Å². The van der Waals surface area contributed by atoms with E-state index in [1.54, 1.807) is 24.3 Å². The number of rotatable bonds is 6. The lowest BCUT2D eigenvalue weighted by atomic mass is 10.2. The molecule has 0 bridgehead atoms. The van der Waals surface area contributed by atoms with Crippen LogP contribution >= 0.6 is 0 Å². The largest absolute Gasteiger partial charge is 0.457 e. The molecule has 2 heterocycles. The first-order valence-electron chi connectivity index (χ1n) is 9.57. The third kappa shape index (κ3) is 4.06. The van der Waals surface area contributed by atoms with Crippen LogP contribution < -0.4 is 23.8 Å². The number of allylic oxidation sites excluding steroid dienone is 2. The van der Waals surface area contributed by atoms with Gasteiger partial charge in [0.1, 0.15) is 23.7 Å². The molecule has 2 N–H and O–H groups in total. The fourth-order valence-electron chi connectivity index (χ4n) is 3.71. The summed E-state index contributed by atoms with van der Waals surface area (Å²) in [5, 5.41) is 0. The van der Waals surface area contributed by atoms with Crippen LogP contribution in [-0.2, 0) is 10.0 Å². The zero-order valence-electron chi connectivity index (χ0n) is 16.7. The minimum atomic E-state index is -4.90. The Morgan fingerprint density at radius 3 is 2.41 bits per heavy atom. The van der Waals surface area contributed by atoms with Crippen molar-refractivity contribution in [1.82, 2.24) is 3.89 Å². The minimum Gasteiger partial charge on any atom is -0.457 e. The van der Waals surface area contributed by atoms with Crippen LogP contribution in [0.25, 0.3) is 0 Å². The van der Waals surface area contributed by atoms with Crippen LogP contribution in [0.3, 0.4) is 0 Å². The van der Waals surface area contributed by atoms with Gasteiger partial charge >= 0.3 is 16.2 Å². The minimum absolute atomic E-state index is 0.116. The number of quaternary nitrogens is 1. The van der Waals surface area contributed by atoms with Crippen molar-refractivity contribution < 1.29 is 35.8 Å². The number of hydrogen-bond acceptors (Lipinski definition) is 6. The van der Waals surface area contributed by atoms with Crippen molar-refractivity contribution in [1.29, 1.82) is 0 Å². The Morgan fingerprint density at radius 1 is 1.03 bits per heavy atom. The summed E-state index contributed by atoms with van der Waals surface area (Å²) >= 11 is 0. The maximum Gasteiger partial charge on any atom is 0.408 e. The van der Waals surface area contributed by atoms with E-state index in [0.29, 0.717) is 23.0 Å². The molecule has 1 atom stereocenters. The Bertz CT molecular complexity index is 1180. The van der Waals surface area contributed by atoms with Gasteiger partial charge in [-0.15, -0.1) is 0 Å². The molecule has 0 radical (unpaired) electrons. The second kappa shape index (κ2) is 8.15. The van der Waals surface area contributed by atoms with E-state index in [1.165, 1.54) is 36.4 Å². The summed E-state index contributed by atoms with van der Waals surface area (Å²) < 4.78 is 80.8. The first kappa shape index (κ1) is 22.2. The third-order valence-electron chi connectivity index (χ3n) is 5.11. The number of nitrogens with zero attached hydrogens (tertiary/aromatic N) is 1. The Hall–Kier alpha value is -3.02. The summed E-state index contributed by atoms with van der Waals surface area (Å²) in [5.74, 6) is -0.0301. The quantitative estimate of drug-likeness (QED) is 0.648. The topological polar surface area (TPSA) is 87.8 Å². The van der Waals surface area contributed by atoms with Crippen molar-refractivity contribution in [3.05, 3.63) is 66.4 Å². The zero-order valence-corrected chi connectivity index (χ0v) is 17.5. The van der Waals surface area contributed by atoms with Crippen molar-refractivity contribution in [2.75, 3.05) is 25.6 Å². The molecule has 4 rings (SSSR count). The molecule has 0 saturated carbocycles. The molecule has 2 aliphatic heterocycles. The van der Waals surface area contributed by atoms with Gasteiger partial charge in [0.2, 0.25) is 6.79 Å². The van der Waals surface area contributed by atoms with E-state index in [-0.39, 0.29) is 31.3 Å². The van der Waals surface area contributed by atoms with Crippen LogP contribution in [0.5, 0.6) is 23.0 Å². The number of hydrogen-bond donors (Lipinski definition) is 1. The summed E-state index contributed by atoms with van der Waals surface area (Å²) in [5.41, 5.74) is 6.02. The molecular weight excluding hydrogens is 449 g/mol. The van der Waals surface area contributed by atoms with E-state index in [0.717, 1.165) is 0 Å². The molecule has 2 aromatic carbocycles. The van der Waals surface area contributed by atoms with Gasteiger partial charge in [0.25, 0.3) is 0 Å². The molecule has 0 aliphatic carbocycles. The lowest BCUT2D eigenvalue weighted by Gasteiger charge is -2.38. The van der Waals surface area contributed by atoms with Gasteiger partial charge in [-0.25, -0.2) is 0 Å². The molecule has 0 amide bonds. The highest BCUT2D eigenvalue weighted by molar-refractivity contribution is 7.91. The first-order valence-corrected chi connectivity index (χ1v) is 11.2. The average Bonchev–Trinajstić information content (AvgIpc) is 3.20. The number of fused-ring (bicyclic) bond motifs is 1. The lowest BCUT2D eigenvalue weighted by molar-refractivity contribution is -0.106. The average molecular weight is 469 g/mol. The number of alkyl halides is 3. The first-order chi connectivity index (χ1) is 15.1. The lowest BCUT2D eigenvalue weighted by Crippen LogP contribution is -2.58. The standard InChI is InChI=1S/C21H20F3N2O5S/c22-21(23,24)13-32(27,28)26(10-2-1-3-16(26)12-25)15-4-6-17(7-5-15)31-18-8-9-19-20(11-18)30-14-29-19/h1-9,11H,10,12-14,25H2/q+1. The number of halogens is 3. The normalized spacial score (nSPS) is 20.2. The van der Waals surface area contributed by atoms with Crippen LogP contribution in [-0.4, -0.2) is 40.2 Å². The summed E-state index contributed by atoms with van der Waals surface area (Å²) in [6.45, 7) is -0.313. The Morgan fingerprint density at radius 2 is 1.72 bits per heavy atom. The van der Waals surface area contributed by atoms with Crippen molar-refractivity contribution in [3.8, 4) is 23.0 Å². The molecule has 2 aliphatic rings. The number of ether oxygens (including phenoxy) is 3. The van der Waals surface area contributed by atoms with E-state index < -0.39 is 25.8 Å². The highest BCUT2D eigenvalue weighted by atomic mass is 32.2. The Labute approximate surface area is 182 Å². The van der Waals surface area contributed by atoms with Gasteiger partial charge in [0.05, 0.1) is 6.54 Å². The van der Waals surface area contributed by atoms with Crippen molar-refractivity contribution in [3.63, 3.8) is 0 Å².